The van der Waals surface area contributed by atoms with Gasteiger partial charge in [0, 0.05) is 18.3 Å². The van der Waals surface area contributed by atoms with Crippen molar-refractivity contribution in [1.29, 1.82) is 0 Å². The maximum atomic E-state index is 6.43. The van der Waals surface area contributed by atoms with E-state index in [2.05, 4.69) is 11.1 Å². The topological polar surface area (TPSA) is 22.1 Å². The second-order valence-corrected chi connectivity index (χ2v) is 5.03. The highest BCUT2D eigenvalue weighted by molar-refractivity contribution is 6.20. The van der Waals surface area contributed by atoms with Crippen LogP contribution in [0.2, 0.25) is 0 Å². The van der Waals surface area contributed by atoms with E-state index < -0.39 is 0 Å². The van der Waals surface area contributed by atoms with Gasteiger partial charge in [-0.3, -0.25) is 4.98 Å². The monoisotopic (exact) mass is 275 g/mol. The molecule has 0 spiro atoms. The van der Waals surface area contributed by atoms with E-state index in [1.54, 1.807) is 0 Å². The molecule has 3 heteroatoms. The molecule has 1 aromatic carbocycles. The Balaban J connectivity index is 2.02. The summed E-state index contributed by atoms with van der Waals surface area (Å²) >= 11 is 6.43. The molecule has 0 fully saturated rings. The Morgan fingerprint density at radius 3 is 2.47 bits per heavy atom. The molecule has 0 aliphatic rings. The standard InChI is InChI=1S/C16H18ClNO/c1-3-19-15-8-5-13(6-9-15)16(17)10-14-7-4-12(2)11-18-14/h4-9,11,16H,3,10H2,1-2H3. The molecule has 19 heavy (non-hydrogen) atoms. The second kappa shape index (κ2) is 6.58. The zero-order valence-electron chi connectivity index (χ0n) is 11.3. The van der Waals surface area contributed by atoms with Crippen LogP contribution in [0, 0.1) is 6.92 Å². The summed E-state index contributed by atoms with van der Waals surface area (Å²) in [7, 11) is 0. The lowest BCUT2D eigenvalue weighted by Crippen LogP contribution is -1.99. The molecule has 1 unspecified atom stereocenters. The average Bonchev–Trinajstić information content (AvgIpc) is 2.42. The molecule has 0 aliphatic carbocycles. The third-order valence-electron chi connectivity index (χ3n) is 2.91. The molecule has 0 aliphatic heterocycles. The molecular weight excluding hydrogens is 258 g/mol. The van der Waals surface area contributed by atoms with Crippen LogP contribution in [0.25, 0.3) is 0 Å². The van der Waals surface area contributed by atoms with Gasteiger partial charge in [-0.2, -0.15) is 0 Å². The molecule has 0 amide bonds. The van der Waals surface area contributed by atoms with E-state index in [4.69, 9.17) is 16.3 Å². The van der Waals surface area contributed by atoms with Crippen LogP contribution in [0.1, 0.15) is 29.1 Å². The van der Waals surface area contributed by atoms with Gasteiger partial charge in [0.1, 0.15) is 5.75 Å². The highest BCUT2D eigenvalue weighted by Gasteiger charge is 2.09. The first kappa shape index (κ1) is 13.9. The lowest BCUT2D eigenvalue weighted by molar-refractivity contribution is 0.340. The smallest absolute Gasteiger partial charge is 0.119 e. The summed E-state index contributed by atoms with van der Waals surface area (Å²) in [6.07, 6.45) is 2.60. The third kappa shape index (κ3) is 3.97. The van der Waals surface area contributed by atoms with Crippen LogP contribution in [-0.2, 0) is 6.42 Å². The highest BCUT2D eigenvalue weighted by atomic mass is 35.5. The summed E-state index contributed by atoms with van der Waals surface area (Å²) in [5.74, 6) is 0.878. The molecule has 0 N–H and O–H groups in total. The van der Waals surface area contributed by atoms with Gasteiger partial charge in [0.15, 0.2) is 0 Å². The molecule has 100 valence electrons. The first-order chi connectivity index (χ1) is 9.19. The highest BCUT2D eigenvalue weighted by Crippen LogP contribution is 2.26. The van der Waals surface area contributed by atoms with Crippen LogP contribution in [0.3, 0.4) is 0 Å². The van der Waals surface area contributed by atoms with E-state index in [0.29, 0.717) is 6.61 Å². The molecule has 2 nitrogen and oxygen atoms in total. The fourth-order valence-corrected chi connectivity index (χ4v) is 2.16. The number of halogens is 1. The van der Waals surface area contributed by atoms with Crippen molar-refractivity contribution in [3.8, 4) is 5.75 Å². The molecule has 0 bridgehead atoms. The fraction of sp³-hybridized carbons (Fsp3) is 0.312. The number of hydrogen-bond acceptors (Lipinski definition) is 2. The molecule has 1 heterocycles. The number of alkyl halides is 1. The average molecular weight is 276 g/mol. The normalized spacial score (nSPS) is 12.2. The minimum Gasteiger partial charge on any atom is -0.494 e. The first-order valence-electron chi connectivity index (χ1n) is 6.47. The molecule has 2 rings (SSSR count). The van der Waals surface area contributed by atoms with Crippen molar-refractivity contribution in [3.63, 3.8) is 0 Å². The number of aromatic nitrogens is 1. The van der Waals surface area contributed by atoms with Crippen LogP contribution in [0.5, 0.6) is 5.75 Å². The molecule has 0 radical (unpaired) electrons. The Morgan fingerprint density at radius 2 is 1.89 bits per heavy atom. The summed E-state index contributed by atoms with van der Waals surface area (Å²) in [6.45, 7) is 4.68. The van der Waals surface area contributed by atoms with Crippen LogP contribution < -0.4 is 4.74 Å². The van der Waals surface area contributed by atoms with E-state index in [1.165, 1.54) is 0 Å². The van der Waals surface area contributed by atoms with E-state index in [-0.39, 0.29) is 5.38 Å². The van der Waals surface area contributed by atoms with Gasteiger partial charge in [0.25, 0.3) is 0 Å². The summed E-state index contributed by atoms with van der Waals surface area (Å²) in [4.78, 5) is 4.38. The quantitative estimate of drug-likeness (QED) is 0.759. The number of ether oxygens (including phenoxy) is 1. The lowest BCUT2D eigenvalue weighted by Gasteiger charge is -2.10. The van der Waals surface area contributed by atoms with Crippen LogP contribution >= 0.6 is 11.6 Å². The predicted molar refractivity (Wildman–Crippen MR) is 78.9 cm³/mol. The van der Waals surface area contributed by atoms with Gasteiger partial charge in [-0.25, -0.2) is 0 Å². The Hall–Kier alpha value is -1.54. The molecule has 1 aromatic heterocycles. The molecule has 0 saturated carbocycles. The maximum Gasteiger partial charge on any atom is 0.119 e. The van der Waals surface area contributed by atoms with Crippen LogP contribution in [0.15, 0.2) is 42.6 Å². The lowest BCUT2D eigenvalue weighted by atomic mass is 10.1. The van der Waals surface area contributed by atoms with Crippen molar-refractivity contribution >= 4 is 11.6 Å². The van der Waals surface area contributed by atoms with Gasteiger partial charge < -0.3 is 4.74 Å². The van der Waals surface area contributed by atoms with Crippen LogP contribution in [0.4, 0.5) is 0 Å². The molecular formula is C16H18ClNO. The number of aryl methyl sites for hydroxylation is 1. The Labute approximate surface area is 119 Å². The number of nitrogens with zero attached hydrogens (tertiary/aromatic N) is 1. The van der Waals surface area contributed by atoms with Gasteiger partial charge >= 0.3 is 0 Å². The number of pyridine rings is 1. The van der Waals surface area contributed by atoms with Gasteiger partial charge in [0.2, 0.25) is 0 Å². The van der Waals surface area contributed by atoms with E-state index >= 15 is 0 Å². The zero-order valence-corrected chi connectivity index (χ0v) is 12.0. The Bertz CT molecular complexity index is 507. The van der Waals surface area contributed by atoms with Crippen molar-refractivity contribution in [1.82, 2.24) is 4.98 Å². The zero-order chi connectivity index (χ0) is 13.7. The molecule has 1 atom stereocenters. The van der Waals surface area contributed by atoms with Gasteiger partial charge in [-0.1, -0.05) is 18.2 Å². The maximum absolute atomic E-state index is 6.43. The van der Waals surface area contributed by atoms with E-state index in [1.807, 2.05) is 50.4 Å². The van der Waals surface area contributed by atoms with Gasteiger partial charge in [0.05, 0.1) is 12.0 Å². The Kier molecular flexibility index (Phi) is 4.80. The van der Waals surface area contributed by atoms with Gasteiger partial charge in [-0.15, -0.1) is 11.6 Å². The Morgan fingerprint density at radius 1 is 1.16 bits per heavy atom. The predicted octanol–water partition coefficient (Wildman–Crippen LogP) is 4.31. The largest absolute Gasteiger partial charge is 0.494 e. The molecule has 0 saturated heterocycles. The number of benzene rings is 1. The second-order valence-electron chi connectivity index (χ2n) is 4.50. The van der Waals surface area contributed by atoms with Crippen molar-refractivity contribution < 1.29 is 4.74 Å². The number of rotatable bonds is 5. The summed E-state index contributed by atoms with van der Waals surface area (Å²) in [5, 5.41) is -0.0640. The van der Waals surface area contributed by atoms with Gasteiger partial charge in [-0.05, 0) is 43.2 Å². The van der Waals surface area contributed by atoms with Crippen molar-refractivity contribution in [3.05, 3.63) is 59.4 Å². The first-order valence-corrected chi connectivity index (χ1v) is 6.91. The van der Waals surface area contributed by atoms with E-state index in [9.17, 15) is 0 Å². The van der Waals surface area contributed by atoms with E-state index in [0.717, 1.165) is 29.0 Å². The molecule has 2 aromatic rings. The third-order valence-corrected chi connectivity index (χ3v) is 3.32. The number of hydrogen-bond donors (Lipinski definition) is 0. The van der Waals surface area contributed by atoms with Crippen LogP contribution in [-0.4, -0.2) is 11.6 Å². The van der Waals surface area contributed by atoms with Crippen molar-refractivity contribution in [2.45, 2.75) is 25.6 Å². The minimum atomic E-state index is -0.0640. The fourth-order valence-electron chi connectivity index (χ4n) is 1.86. The SMILES string of the molecule is CCOc1ccc(C(Cl)Cc2ccc(C)cn2)cc1. The summed E-state index contributed by atoms with van der Waals surface area (Å²) in [6, 6.07) is 12.0. The van der Waals surface area contributed by atoms with Crippen molar-refractivity contribution in [2.75, 3.05) is 6.61 Å². The minimum absolute atomic E-state index is 0.0640. The summed E-state index contributed by atoms with van der Waals surface area (Å²) in [5.41, 5.74) is 3.27. The summed E-state index contributed by atoms with van der Waals surface area (Å²) < 4.78 is 5.42. The van der Waals surface area contributed by atoms with Crippen molar-refractivity contribution in [2.24, 2.45) is 0 Å².